The number of aliphatic carboxylic acids is 2. The van der Waals surface area contributed by atoms with Crippen LogP contribution in [0.15, 0.2) is 24.3 Å². The van der Waals surface area contributed by atoms with Crippen LogP contribution in [0.3, 0.4) is 0 Å². The summed E-state index contributed by atoms with van der Waals surface area (Å²) in [5.41, 5.74) is 1.25. The number of carboxylic acid groups (broad SMARTS) is 2. The van der Waals surface area contributed by atoms with E-state index in [1.807, 2.05) is 6.92 Å². The Morgan fingerprint density at radius 2 is 1.53 bits per heavy atom. The number of carboxylic acids is 2. The molecule has 1 aromatic carbocycles. The van der Waals surface area contributed by atoms with Gasteiger partial charge < -0.3 is 13.1 Å². The quantitative estimate of drug-likeness (QED) is 0.608. The molecule has 0 aromatic heterocycles. The van der Waals surface area contributed by atoms with Crippen LogP contribution < -0.4 is 0 Å². The second-order valence-electron chi connectivity index (χ2n) is 3.02. The zero-order chi connectivity index (χ0) is 10.7. The van der Waals surface area contributed by atoms with Crippen LogP contribution in [-0.2, 0) is 9.59 Å². The number of carbonyl (C=O) groups is 2. The standard InChI is InChI=1S/C10H10O4.Ca.2H/c1-6-2-4-7(5-3-6)8(9(11)12)10(13)14;;;/h2-5,8H,1H3,(H,11,12)(H,13,14);;;/q;+2;2*-1. The number of hydrogen-bond acceptors (Lipinski definition) is 2. The molecule has 1 rings (SSSR count). The van der Waals surface area contributed by atoms with E-state index in [-0.39, 0.29) is 46.2 Å². The van der Waals surface area contributed by atoms with Gasteiger partial charge in [0, 0.05) is 0 Å². The third-order valence-electron chi connectivity index (χ3n) is 1.90. The zero-order valence-corrected chi connectivity index (χ0v) is 10.5. The Labute approximate surface area is 120 Å². The summed E-state index contributed by atoms with van der Waals surface area (Å²) in [7, 11) is 0. The van der Waals surface area contributed by atoms with Crippen molar-refractivity contribution in [2.45, 2.75) is 12.8 Å². The van der Waals surface area contributed by atoms with Gasteiger partial charge in [-0.25, -0.2) is 0 Å². The summed E-state index contributed by atoms with van der Waals surface area (Å²) in [6.07, 6.45) is 0. The SMILES string of the molecule is Cc1ccc(C(C(=O)O)C(=O)O)cc1.[Ca+2].[H-].[H-]. The molecule has 0 atom stereocenters. The van der Waals surface area contributed by atoms with E-state index >= 15 is 0 Å². The Morgan fingerprint density at radius 1 is 1.13 bits per heavy atom. The molecule has 15 heavy (non-hydrogen) atoms. The molecular weight excluding hydrogens is 224 g/mol. The predicted molar refractivity (Wildman–Crippen MR) is 57.2 cm³/mol. The molecule has 0 unspecified atom stereocenters. The summed E-state index contributed by atoms with van der Waals surface area (Å²) in [6, 6.07) is 6.41. The van der Waals surface area contributed by atoms with E-state index in [9.17, 15) is 9.59 Å². The van der Waals surface area contributed by atoms with Crippen LogP contribution in [0, 0.1) is 6.92 Å². The summed E-state index contributed by atoms with van der Waals surface area (Å²) in [5.74, 6) is -4.17. The maximum Gasteiger partial charge on any atom is 2.00 e. The summed E-state index contributed by atoms with van der Waals surface area (Å²) in [5, 5.41) is 17.4. The molecule has 0 aliphatic rings. The van der Waals surface area contributed by atoms with Crippen molar-refractivity contribution >= 4 is 49.7 Å². The maximum atomic E-state index is 10.6. The average molecular weight is 236 g/mol. The molecule has 0 radical (unpaired) electrons. The van der Waals surface area contributed by atoms with Crippen LogP contribution in [0.1, 0.15) is 19.9 Å². The van der Waals surface area contributed by atoms with Crippen LogP contribution >= 0.6 is 0 Å². The molecule has 78 valence electrons. The van der Waals surface area contributed by atoms with E-state index in [2.05, 4.69) is 0 Å². The first-order valence-electron chi connectivity index (χ1n) is 4.04. The first kappa shape index (κ1) is 14.4. The fourth-order valence-corrected chi connectivity index (χ4v) is 1.15. The maximum absolute atomic E-state index is 10.6. The van der Waals surface area contributed by atoms with Crippen LogP contribution in [0.2, 0.25) is 0 Å². The van der Waals surface area contributed by atoms with Gasteiger partial charge in [0.15, 0.2) is 5.92 Å². The first-order chi connectivity index (χ1) is 6.52. The van der Waals surface area contributed by atoms with E-state index < -0.39 is 17.9 Å². The minimum atomic E-state index is -1.48. The molecule has 0 saturated heterocycles. The van der Waals surface area contributed by atoms with E-state index in [4.69, 9.17) is 10.2 Å². The van der Waals surface area contributed by atoms with Crippen molar-refractivity contribution in [1.82, 2.24) is 0 Å². The summed E-state index contributed by atoms with van der Waals surface area (Å²) < 4.78 is 0. The van der Waals surface area contributed by atoms with E-state index in [1.165, 1.54) is 12.1 Å². The molecule has 0 aliphatic heterocycles. The molecule has 0 saturated carbocycles. The number of hydrogen-bond donors (Lipinski definition) is 2. The van der Waals surface area contributed by atoms with Crippen molar-refractivity contribution in [3.63, 3.8) is 0 Å². The molecule has 0 fully saturated rings. The van der Waals surface area contributed by atoms with Gasteiger partial charge >= 0.3 is 49.7 Å². The Kier molecular flexibility index (Phi) is 5.87. The topological polar surface area (TPSA) is 74.6 Å². The largest absolute Gasteiger partial charge is 2.00 e. The molecule has 0 bridgehead atoms. The van der Waals surface area contributed by atoms with Crippen LogP contribution in [-0.4, -0.2) is 59.9 Å². The van der Waals surface area contributed by atoms with Crippen molar-refractivity contribution in [3.8, 4) is 0 Å². The second kappa shape index (κ2) is 6.10. The summed E-state index contributed by atoms with van der Waals surface area (Å²) in [4.78, 5) is 21.3. The first-order valence-corrected chi connectivity index (χ1v) is 4.04. The van der Waals surface area contributed by atoms with Gasteiger partial charge in [-0.05, 0) is 12.5 Å². The van der Waals surface area contributed by atoms with Crippen molar-refractivity contribution in [2.24, 2.45) is 0 Å². The average Bonchev–Trinajstić information content (AvgIpc) is 2.07. The third kappa shape index (κ3) is 3.81. The predicted octanol–water partition coefficient (Wildman–Crippen LogP) is 1.09. The summed E-state index contributed by atoms with van der Waals surface area (Å²) in [6.45, 7) is 1.85. The molecule has 4 nitrogen and oxygen atoms in total. The van der Waals surface area contributed by atoms with Gasteiger partial charge in [-0.3, -0.25) is 9.59 Å². The van der Waals surface area contributed by atoms with Crippen LogP contribution in [0.4, 0.5) is 0 Å². The van der Waals surface area contributed by atoms with Crippen molar-refractivity contribution in [3.05, 3.63) is 35.4 Å². The number of aryl methyl sites for hydroxylation is 1. The minimum absolute atomic E-state index is 0. The molecular formula is C10H12CaO4. The van der Waals surface area contributed by atoms with Crippen LogP contribution in [0.25, 0.3) is 0 Å². The molecule has 0 heterocycles. The Hall–Kier alpha value is -0.580. The van der Waals surface area contributed by atoms with Gasteiger partial charge in [0.05, 0.1) is 0 Å². The van der Waals surface area contributed by atoms with Crippen molar-refractivity contribution in [1.29, 1.82) is 0 Å². The zero-order valence-electron chi connectivity index (χ0n) is 10.3. The fourth-order valence-electron chi connectivity index (χ4n) is 1.15. The van der Waals surface area contributed by atoms with Gasteiger partial charge in [-0.15, -0.1) is 0 Å². The third-order valence-corrected chi connectivity index (χ3v) is 1.90. The van der Waals surface area contributed by atoms with Gasteiger partial charge in [0.2, 0.25) is 0 Å². The molecule has 5 heteroatoms. The van der Waals surface area contributed by atoms with Crippen molar-refractivity contribution in [2.75, 3.05) is 0 Å². The molecule has 2 N–H and O–H groups in total. The Balaban J connectivity index is -0.000000653. The van der Waals surface area contributed by atoms with Crippen LogP contribution in [0.5, 0.6) is 0 Å². The molecule has 1 aromatic rings. The minimum Gasteiger partial charge on any atom is -1.00 e. The molecule has 0 spiro atoms. The van der Waals surface area contributed by atoms with E-state index in [1.54, 1.807) is 12.1 Å². The normalized spacial score (nSPS) is 9.47. The Morgan fingerprint density at radius 3 is 1.87 bits per heavy atom. The number of benzene rings is 1. The molecule has 0 aliphatic carbocycles. The Bertz CT molecular complexity index is 353. The van der Waals surface area contributed by atoms with E-state index in [0.717, 1.165) is 5.56 Å². The molecule has 0 amide bonds. The van der Waals surface area contributed by atoms with Crippen molar-refractivity contribution < 1.29 is 22.7 Å². The smallest absolute Gasteiger partial charge is 1.00 e. The van der Waals surface area contributed by atoms with Gasteiger partial charge in [-0.1, -0.05) is 29.8 Å². The second-order valence-corrected chi connectivity index (χ2v) is 3.02. The van der Waals surface area contributed by atoms with Gasteiger partial charge in [-0.2, -0.15) is 0 Å². The summed E-state index contributed by atoms with van der Waals surface area (Å²) >= 11 is 0. The fraction of sp³-hybridized carbons (Fsp3) is 0.200. The van der Waals surface area contributed by atoms with Gasteiger partial charge in [0.25, 0.3) is 0 Å². The number of rotatable bonds is 3. The van der Waals surface area contributed by atoms with Gasteiger partial charge in [0.1, 0.15) is 0 Å². The monoisotopic (exact) mass is 236 g/mol. The van der Waals surface area contributed by atoms with E-state index in [0.29, 0.717) is 0 Å².